The first-order valence-electron chi connectivity index (χ1n) is 6.99. The van der Waals surface area contributed by atoms with Gasteiger partial charge in [-0.15, -0.1) is 0 Å². The van der Waals surface area contributed by atoms with E-state index in [4.69, 9.17) is 4.42 Å². The van der Waals surface area contributed by atoms with Crippen molar-refractivity contribution >= 4 is 5.91 Å². The van der Waals surface area contributed by atoms with Crippen LogP contribution < -0.4 is 5.32 Å². The van der Waals surface area contributed by atoms with Crippen LogP contribution in [0.15, 0.2) is 22.8 Å². The molecule has 1 aliphatic carbocycles. The molecule has 0 atom stereocenters. The Morgan fingerprint density at radius 1 is 1.37 bits per heavy atom. The number of nitriles is 1. The van der Waals surface area contributed by atoms with Gasteiger partial charge in [-0.25, -0.2) is 0 Å². The highest BCUT2D eigenvalue weighted by atomic mass is 16.3. The second-order valence-electron chi connectivity index (χ2n) is 5.24. The van der Waals surface area contributed by atoms with E-state index in [1.165, 1.54) is 0 Å². The molecule has 0 aromatic carbocycles. The first-order valence-corrected chi connectivity index (χ1v) is 6.99. The standard InChI is InChI=1S/C15H20N2O2/c16-12-15(9-3-1-2-4-10-15)17-14(18)8-7-13-6-5-11-19-13/h5-6,11H,1-4,7-10H2,(H,17,18). The quantitative estimate of drug-likeness (QED) is 0.846. The SMILES string of the molecule is N#CC1(NC(=O)CCc2ccco2)CCCCCC1. The molecule has 0 aliphatic heterocycles. The van der Waals surface area contributed by atoms with E-state index < -0.39 is 5.54 Å². The van der Waals surface area contributed by atoms with E-state index in [0.29, 0.717) is 12.8 Å². The lowest BCUT2D eigenvalue weighted by Gasteiger charge is -2.26. The number of nitrogens with one attached hydrogen (secondary N) is 1. The summed E-state index contributed by atoms with van der Waals surface area (Å²) >= 11 is 0. The molecule has 1 aliphatic rings. The van der Waals surface area contributed by atoms with Gasteiger partial charge in [0.2, 0.25) is 5.91 Å². The monoisotopic (exact) mass is 260 g/mol. The Morgan fingerprint density at radius 2 is 2.11 bits per heavy atom. The average Bonchev–Trinajstić information content (AvgIpc) is 2.83. The Kier molecular flexibility index (Phi) is 4.62. The molecule has 0 radical (unpaired) electrons. The van der Waals surface area contributed by atoms with Crippen molar-refractivity contribution < 1.29 is 9.21 Å². The van der Waals surface area contributed by atoms with Crippen molar-refractivity contribution in [2.45, 2.75) is 56.9 Å². The minimum atomic E-state index is -0.642. The van der Waals surface area contributed by atoms with Gasteiger partial charge in [0.05, 0.1) is 12.3 Å². The van der Waals surface area contributed by atoms with Crippen molar-refractivity contribution in [3.63, 3.8) is 0 Å². The van der Waals surface area contributed by atoms with Crippen LogP contribution in [-0.4, -0.2) is 11.4 Å². The van der Waals surface area contributed by atoms with Gasteiger partial charge in [0.25, 0.3) is 0 Å². The van der Waals surface area contributed by atoms with Crippen molar-refractivity contribution in [1.82, 2.24) is 5.32 Å². The van der Waals surface area contributed by atoms with Crippen LogP contribution in [0.5, 0.6) is 0 Å². The number of rotatable bonds is 4. The minimum Gasteiger partial charge on any atom is -0.469 e. The van der Waals surface area contributed by atoms with Gasteiger partial charge < -0.3 is 9.73 Å². The highest BCUT2D eigenvalue weighted by molar-refractivity contribution is 5.77. The highest BCUT2D eigenvalue weighted by Crippen LogP contribution is 2.26. The number of carbonyl (C=O) groups excluding carboxylic acids is 1. The predicted molar refractivity (Wildman–Crippen MR) is 71.2 cm³/mol. The molecule has 0 bridgehead atoms. The van der Waals surface area contributed by atoms with Crippen LogP contribution >= 0.6 is 0 Å². The van der Waals surface area contributed by atoms with E-state index in [9.17, 15) is 10.1 Å². The Labute approximate surface area is 113 Å². The van der Waals surface area contributed by atoms with Gasteiger partial charge in [0.15, 0.2) is 0 Å². The molecule has 1 N–H and O–H groups in total. The largest absolute Gasteiger partial charge is 0.469 e. The first-order chi connectivity index (χ1) is 9.24. The maximum Gasteiger partial charge on any atom is 0.221 e. The third-order valence-corrected chi connectivity index (χ3v) is 3.73. The maximum atomic E-state index is 12.0. The summed E-state index contributed by atoms with van der Waals surface area (Å²) in [5.74, 6) is 0.752. The molecule has 19 heavy (non-hydrogen) atoms. The molecule has 0 unspecified atom stereocenters. The summed E-state index contributed by atoms with van der Waals surface area (Å²) in [6.45, 7) is 0. The van der Waals surface area contributed by atoms with Crippen LogP contribution in [0.4, 0.5) is 0 Å². The van der Waals surface area contributed by atoms with Crippen molar-refractivity contribution in [3.05, 3.63) is 24.2 Å². The Hall–Kier alpha value is -1.76. The lowest BCUT2D eigenvalue weighted by molar-refractivity contribution is -0.122. The summed E-state index contributed by atoms with van der Waals surface area (Å²) in [4.78, 5) is 12.0. The van der Waals surface area contributed by atoms with E-state index in [0.717, 1.165) is 44.3 Å². The number of hydrogen-bond acceptors (Lipinski definition) is 3. The molecule has 4 heteroatoms. The molecule has 1 saturated carbocycles. The Morgan fingerprint density at radius 3 is 2.68 bits per heavy atom. The van der Waals surface area contributed by atoms with Crippen molar-refractivity contribution in [1.29, 1.82) is 5.26 Å². The number of hydrogen-bond donors (Lipinski definition) is 1. The summed E-state index contributed by atoms with van der Waals surface area (Å²) in [7, 11) is 0. The third kappa shape index (κ3) is 3.85. The Balaban J connectivity index is 1.87. The summed E-state index contributed by atoms with van der Waals surface area (Å²) < 4.78 is 5.20. The normalized spacial score (nSPS) is 18.3. The molecule has 1 aromatic rings. The lowest BCUT2D eigenvalue weighted by atomic mass is 9.91. The van der Waals surface area contributed by atoms with E-state index in [-0.39, 0.29) is 5.91 Å². The van der Waals surface area contributed by atoms with Gasteiger partial charge in [0.1, 0.15) is 11.3 Å². The lowest BCUT2D eigenvalue weighted by Crippen LogP contribution is -2.47. The second-order valence-corrected chi connectivity index (χ2v) is 5.24. The zero-order valence-electron chi connectivity index (χ0n) is 11.2. The number of amides is 1. The highest BCUT2D eigenvalue weighted by Gasteiger charge is 2.32. The minimum absolute atomic E-state index is 0.0557. The molecule has 2 rings (SSSR count). The fraction of sp³-hybridized carbons (Fsp3) is 0.600. The van der Waals surface area contributed by atoms with Gasteiger partial charge in [0, 0.05) is 12.8 Å². The molecular formula is C15H20N2O2. The number of furan rings is 1. The van der Waals surface area contributed by atoms with Crippen LogP contribution in [0.2, 0.25) is 0 Å². The van der Waals surface area contributed by atoms with Gasteiger partial charge in [-0.05, 0) is 25.0 Å². The second kappa shape index (κ2) is 6.42. The molecule has 1 fully saturated rings. The zero-order chi connectivity index (χ0) is 13.6. The Bertz CT molecular complexity index is 437. The van der Waals surface area contributed by atoms with Gasteiger partial charge in [-0.2, -0.15) is 5.26 Å². The topological polar surface area (TPSA) is 66.0 Å². The molecular weight excluding hydrogens is 240 g/mol. The molecule has 1 amide bonds. The molecule has 1 heterocycles. The van der Waals surface area contributed by atoms with Crippen LogP contribution in [0.25, 0.3) is 0 Å². The maximum absolute atomic E-state index is 12.0. The van der Waals surface area contributed by atoms with Gasteiger partial charge in [-0.1, -0.05) is 25.7 Å². The van der Waals surface area contributed by atoms with Crippen molar-refractivity contribution in [2.24, 2.45) is 0 Å². The van der Waals surface area contributed by atoms with Crippen molar-refractivity contribution in [2.75, 3.05) is 0 Å². The summed E-state index contributed by atoms with van der Waals surface area (Å²) in [6.07, 6.45) is 8.47. The number of nitrogens with zero attached hydrogens (tertiary/aromatic N) is 1. The van der Waals surface area contributed by atoms with Crippen LogP contribution in [-0.2, 0) is 11.2 Å². The van der Waals surface area contributed by atoms with E-state index in [1.54, 1.807) is 6.26 Å². The van der Waals surface area contributed by atoms with E-state index in [2.05, 4.69) is 11.4 Å². The summed E-state index contributed by atoms with van der Waals surface area (Å²) in [6, 6.07) is 6.00. The average molecular weight is 260 g/mol. The van der Waals surface area contributed by atoms with Crippen LogP contribution in [0.3, 0.4) is 0 Å². The molecule has 102 valence electrons. The van der Waals surface area contributed by atoms with Gasteiger partial charge >= 0.3 is 0 Å². The van der Waals surface area contributed by atoms with Gasteiger partial charge in [-0.3, -0.25) is 4.79 Å². The zero-order valence-corrected chi connectivity index (χ0v) is 11.2. The third-order valence-electron chi connectivity index (χ3n) is 3.73. The first kappa shape index (κ1) is 13.7. The number of carbonyl (C=O) groups is 1. The van der Waals surface area contributed by atoms with E-state index in [1.807, 2.05) is 12.1 Å². The number of aryl methyl sites for hydroxylation is 1. The van der Waals surface area contributed by atoms with E-state index >= 15 is 0 Å². The predicted octanol–water partition coefficient (Wildman–Crippen LogP) is 2.94. The summed E-state index contributed by atoms with van der Waals surface area (Å²) in [5, 5.41) is 12.3. The molecule has 0 saturated heterocycles. The fourth-order valence-corrected chi connectivity index (χ4v) is 2.62. The van der Waals surface area contributed by atoms with Crippen LogP contribution in [0, 0.1) is 11.3 Å². The molecule has 1 aromatic heterocycles. The smallest absolute Gasteiger partial charge is 0.221 e. The molecule has 4 nitrogen and oxygen atoms in total. The fourth-order valence-electron chi connectivity index (χ4n) is 2.62. The summed E-state index contributed by atoms with van der Waals surface area (Å²) in [5.41, 5.74) is -0.642. The van der Waals surface area contributed by atoms with Crippen molar-refractivity contribution in [3.8, 4) is 6.07 Å². The van der Waals surface area contributed by atoms with Crippen LogP contribution in [0.1, 0.15) is 50.7 Å². The molecule has 0 spiro atoms.